The van der Waals surface area contributed by atoms with Crippen LogP contribution in [0.1, 0.15) is 42.9 Å². The van der Waals surface area contributed by atoms with Gasteiger partial charge in [-0.05, 0) is 55.0 Å². The van der Waals surface area contributed by atoms with Gasteiger partial charge in [0.2, 0.25) is 0 Å². The Hall–Kier alpha value is -1.74. The van der Waals surface area contributed by atoms with Gasteiger partial charge in [0.15, 0.2) is 0 Å². The van der Waals surface area contributed by atoms with E-state index in [0.29, 0.717) is 12.0 Å². The van der Waals surface area contributed by atoms with Crippen molar-refractivity contribution in [1.29, 1.82) is 0 Å². The highest BCUT2D eigenvalue weighted by atomic mass is 19.1. The number of rotatable bonds is 4. The van der Waals surface area contributed by atoms with E-state index >= 15 is 0 Å². The maximum absolute atomic E-state index is 13.7. The molecule has 21 heavy (non-hydrogen) atoms. The van der Waals surface area contributed by atoms with E-state index in [0.717, 1.165) is 24.0 Å². The van der Waals surface area contributed by atoms with Crippen LogP contribution in [-0.2, 0) is 0 Å². The Morgan fingerprint density at radius 1 is 1.05 bits per heavy atom. The van der Waals surface area contributed by atoms with Gasteiger partial charge in [-0.3, -0.25) is 0 Å². The van der Waals surface area contributed by atoms with Gasteiger partial charge in [-0.25, -0.2) is 8.78 Å². The smallest absolute Gasteiger partial charge is 0.126 e. The second-order valence-corrected chi connectivity index (χ2v) is 5.83. The zero-order valence-electron chi connectivity index (χ0n) is 12.0. The monoisotopic (exact) mass is 287 g/mol. The Kier molecular flexibility index (Phi) is 4.02. The third kappa shape index (κ3) is 3.13. The molecule has 1 fully saturated rings. The molecule has 3 heteroatoms. The van der Waals surface area contributed by atoms with E-state index in [4.69, 9.17) is 0 Å². The molecule has 1 aliphatic carbocycles. The second kappa shape index (κ2) is 5.94. The van der Waals surface area contributed by atoms with Gasteiger partial charge in [-0.1, -0.05) is 30.3 Å². The first-order valence-electron chi connectivity index (χ1n) is 7.39. The van der Waals surface area contributed by atoms with Crippen molar-refractivity contribution in [1.82, 2.24) is 5.32 Å². The SMILES string of the molecule is C[C@H](NC1CC(c2ccccc2F)C1)c1cccc(F)c1. The molecule has 2 aromatic rings. The van der Waals surface area contributed by atoms with Crippen LogP contribution in [0, 0.1) is 11.6 Å². The molecular formula is C18H19F2N. The fourth-order valence-electron chi connectivity index (χ4n) is 3.04. The highest BCUT2D eigenvalue weighted by Crippen LogP contribution is 2.38. The summed E-state index contributed by atoms with van der Waals surface area (Å²) in [5, 5.41) is 3.49. The van der Waals surface area contributed by atoms with Gasteiger partial charge >= 0.3 is 0 Å². The molecule has 110 valence electrons. The van der Waals surface area contributed by atoms with Gasteiger partial charge in [-0.2, -0.15) is 0 Å². The molecule has 0 radical (unpaired) electrons. The second-order valence-electron chi connectivity index (χ2n) is 5.83. The lowest BCUT2D eigenvalue weighted by atomic mass is 9.75. The summed E-state index contributed by atoms with van der Waals surface area (Å²) in [5.41, 5.74) is 1.76. The van der Waals surface area contributed by atoms with E-state index in [1.807, 2.05) is 25.1 Å². The first-order chi connectivity index (χ1) is 10.1. The van der Waals surface area contributed by atoms with E-state index in [9.17, 15) is 8.78 Å². The van der Waals surface area contributed by atoms with Gasteiger partial charge in [0.1, 0.15) is 11.6 Å². The minimum atomic E-state index is -0.209. The molecule has 1 saturated carbocycles. The van der Waals surface area contributed by atoms with Crippen LogP contribution in [0.4, 0.5) is 8.78 Å². The molecule has 0 aliphatic heterocycles. The van der Waals surface area contributed by atoms with Crippen molar-refractivity contribution >= 4 is 0 Å². The average Bonchev–Trinajstić information content (AvgIpc) is 2.43. The van der Waals surface area contributed by atoms with Crippen molar-refractivity contribution in [3.05, 3.63) is 71.3 Å². The summed E-state index contributed by atoms with van der Waals surface area (Å²) < 4.78 is 26.9. The van der Waals surface area contributed by atoms with Crippen LogP contribution in [0.2, 0.25) is 0 Å². The van der Waals surface area contributed by atoms with E-state index in [1.165, 1.54) is 12.1 Å². The summed E-state index contributed by atoms with van der Waals surface area (Å²) in [6.45, 7) is 2.03. The Labute approximate surface area is 124 Å². The minimum Gasteiger partial charge on any atom is -0.307 e. The zero-order chi connectivity index (χ0) is 14.8. The van der Waals surface area contributed by atoms with E-state index in [1.54, 1.807) is 18.2 Å². The predicted octanol–water partition coefficient (Wildman–Crippen LogP) is 4.56. The minimum absolute atomic E-state index is 0.104. The van der Waals surface area contributed by atoms with Crippen LogP contribution in [0.3, 0.4) is 0 Å². The number of benzene rings is 2. The quantitative estimate of drug-likeness (QED) is 0.869. The van der Waals surface area contributed by atoms with Crippen molar-refractivity contribution in [2.24, 2.45) is 0 Å². The summed E-state index contributed by atoms with van der Waals surface area (Å²) in [6, 6.07) is 14.1. The van der Waals surface area contributed by atoms with Gasteiger partial charge in [-0.15, -0.1) is 0 Å². The Morgan fingerprint density at radius 3 is 2.52 bits per heavy atom. The topological polar surface area (TPSA) is 12.0 Å². The van der Waals surface area contributed by atoms with Crippen molar-refractivity contribution in [2.45, 2.75) is 37.8 Å². The van der Waals surface area contributed by atoms with Crippen LogP contribution in [0.15, 0.2) is 48.5 Å². The number of nitrogens with one attached hydrogen (secondary N) is 1. The molecule has 0 aromatic heterocycles. The van der Waals surface area contributed by atoms with E-state index in [2.05, 4.69) is 5.32 Å². The number of halogens is 2. The summed E-state index contributed by atoms with van der Waals surface area (Å²) >= 11 is 0. The molecule has 0 saturated heterocycles. The van der Waals surface area contributed by atoms with Crippen molar-refractivity contribution in [3.8, 4) is 0 Å². The van der Waals surface area contributed by atoms with Crippen LogP contribution in [0.25, 0.3) is 0 Å². The molecule has 0 heterocycles. The summed E-state index contributed by atoms with van der Waals surface area (Å²) in [6.07, 6.45) is 1.86. The van der Waals surface area contributed by atoms with Crippen molar-refractivity contribution in [3.63, 3.8) is 0 Å². The fourth-order valence-corrected chi connectivity index (χ4v) is 3.04. The molecular weight excluding hydrogens is 268 g/mol. The molecule has 2 aromatic carbocycles. The summed E-state index contributed by atoms with van der Waals surface area (Å²) in [5.74, 6) is -0.0264. The third-order valence-corrected chi connectivity index (χ3v) is 4.32. The lowest BCUT2D eigenvalue weighted by Crippen LogP contribution is -2.41. The van der Waals surface area contributed by atoms with E-state index < -0.39 is 0 Å². The largest absolute Gasteiger partial charge is 0.307 e. The van der Waals surface area contributed by atoms with Gasteiger partial charge < -0.3 is 5.32 Å². The Balaban J connectivity index is 1.56. The lowest BCUT2D eigenvalue weighted by molar-refractivity contribution is 0.266. The van der Waals surface area contributed by atoms with Crippen LogP contribution < -0.4 is 5.32 Å². The van der Waals surface area contributed by atoms with Gasteiger partial charge in [0.05, 0.1) is 0 Å². The van der Waals surface area contributed by atoms with Crippen LogP contribution in [-0.4, -0.2) is 6.04 Å². The molecule has 0 spiro atoms. The molecule has 1 atom stereocenters. The van der Waals surface area contributed by atoms with Gasteiger partial charge in [0, 0.05) is 12.1 Å². The molecule has 1 N–H and O–H groups in total. The molecule has 0 unspecified atom stereocenters. The average molecular weight is 287 g/mol. The maximum atomic E-state index is 13.7. The predicted molar refractivity (Wildman–Crippen MR) is 80.1 cm³/mol. The molecule has 0 bridgehead atoms. The number of hydrogen-bond donors (Lipinski definition) is 1. The molecule has 1 aliphatic rings. The lowest BCUT2D eigenvalue weighted by Gasteiger charge is -2.38. The normalized spacial score (nSPS) is 22.6. The fraction of sp³-hybridized carbons (Fsp3) is 0.333. The van der Waals surface area contributed by atoms with Crippen LogP contribution >= 0.6 is 0 Å². The van der Waals surface area contributed by atoms with Gasteiger partial charge in [0.25, 0.3) is 0 Å². The Bertz CT molecular complexity index is 620. The molecule has 3 rings (SSSR count). The number of hydrogen-bond acceptors (Lipinski definition) is 1. The molecule has 0 amide bonds. The first-order valence-corrected chi connectivity index (χ1v) is 7.39. The summed E-state index contributed by atoms with van der Waals surface area (Å²) in [7, 11) is 0. The summed E-state index contributed by atoms with van der Waals surface area (Å²) in [4.78, 5) is 0. The van der Waals surface area contributed by atoms with Crippen molar-refractivity contribution < 1.29 is 8.78 Å². The Morgan fingerprint density at radius 2 is 1.81 bits per heavy atom. The zero-order valence-corrected chi connectivity index (χ0v) is 12.0. The maximum Gasteiger partial charge on any atom is 0.126 e. The standard InChI is InChI=1S/C18H19F2N/c1-12(13-5-4-6-15(19)9-13)21-16-10-14(11-16)17-7-2-3-8-18(17)20/h2-9,12,14,16,21H,10-11H2,1H3/t12-,14?,16?/m0/s1. The van der Waals surface area contributed by atoms with E-state index in [-0.39, 0.29) is 17.7 Å². The third-order valence-electron chi connectivity index (χ3n) is 4.32. The highest BCUT2D eigenvalue weighted by molar-refractivity contribution is 5.25. The highest BCUT2D eigenvalue weighted by Gasteiger charge is 2.32. The van der Waals surface area contributed by atoms with Crippen LogP contribution in [0.5, 0.6) is 0 Å². The first kappa shape index (κ1) is 14.2. The van der Waals surface area contributed by atoms with Crippen molar-refractivity contribution in [2.75, 3.05) is 0 Å². The molecule has 1 nitrogen and oxygen atoms in total.